The number of allylic oxidation sites excluding steroid dienone is 1. The number of hydrogen-bond donors (Lipinski definition) is 1. The summed E-state index contributed by atoms with van der Waals surface area (Å²) in [6.45, 7) is 3.46. The Bertz CT molecular complexity index is 438. The van der Waals surface area contributed by atoms with Crippen LogP contribution in [0.15, 0.2) is 36.0 Å². The number of para-hydroxylation sites is 1. The summed E-state index contributed by atoms with van der Waals surface area (Å²) in [5, 5.41) is 3.24. The molecule has 0 fully saturated rings. The molecule has 1 aliphatic rings. The van der Waals surface area contributed by atoms with E-state index in [-0.39, 0.29) is 5.78 Å². The van der Waals surface area contributed by atoms with Gasteiger partial charge >= 0.3 is 0 Å². The number of nitrogens with one attached hydrogen (secondary N) is 1. The van der Waals surface area contributed by atoms with E-state index in [1.807, 2.05) is 18.2 Å². The molecule has 0 spiro atoms. The van der Waals surface area contributed by atoms with Gasteiger partial charge in [0.2, 0.25) is 0 Å². The zero-order chi connectivity index (χ0) is 12.1. The van der Waals surface area contributed by atoms with Gasteiger partial charge < -0.3 is 10.1 Å². The molecule has 17 heavy (non-hydrogen) atoms. The minimum absolute atomic E-state index is 0.0112. The number of rotatable bonds is 4. The predicted octanol–water partition coefficient (Wildman–Crippen LogP) is 2.54. The highest BCUT2D eigenvalue weighted by Gasteiger charge is 2.15. The van der Waals surface area contributed by atoms with Gasteiger partial charge in [-0.2, -0.15) is 0 Å². The van der Waals surface area contributed by atoms with Crippen molar-refractivity contribution in [1.82, 2.24) is 5.32 Å². The summed E-state index contributed by atoms with van der Waals surface area (Å²) in [7, 11) is 0. The number of unbranched alkanes of at least 4 members (excludes halogenated alkanes) is 1. The number of carbonyl (C=O) groups is 1. The number of ether oxygens (including phenoxy) is 1. The molecular formula is C14H17NO2. The van der Waals surface area contributed by atoms with Crippen molar-refractivity contribution in [2.75, 3.05) is 13.2 Å². The Labute approximate surface area is 101 Å². The fraction of sp³-hybridized carbons (Fsp3) is 0.357. The van der Waals surface area contributed by atoms with Crippen LogP contribution in [0.3, 0.4) is 0 Å². The summed E-state index contributed by atoms with van der Waals surface area (Å²) in [6.07, 6.45) is 3.87. The van der Waals surface area contributed by atoms with Gasteiger partial charge in [0, 0.05) is 12.6 Å². The van der Waals surface area contributed by atoms with Crippen molar-refractivity contribution in [3.63, 3.8) is 0 Å². The molecule has 1 heterocycles. The number of hydrogen-bond acceptors (Lipinski definition) is 3. The van der Waals surface area contributed by atoms with E-state index in [2.05, 4.69) is 12.2 Å². The summed E-state index contributed by atoms with van der Waals surface area (Å²) in [5.41, 5.74) is 1.50. The van der Waals surface area contributed by atoms with Crippen LogP contribution in [0.1, 0.15) is 30.1 Å². The molecule has 90 valence electrons. The van der Waals surface area contributed by atoms with Gasteiger partial charge in [-0.05, 0) is 18.6 Å². The van der Waals surface area contributed by atoms with Crippen molar-refractivity contribution in [3.8, 4) is 5.75 Å². The van der Waals surface area contributed by atoms with E-state index in [9.17, 15) is 4.79 Å². The number of benzene rings is 1. The normalized spacial score (nSPS) is 14.4. The second kappa shape index (κ2) is 5.53. The first-order chi connectivity index (χ1) is 8.31. The molecule has 1 aromatic carbocycles. The van der Waals surface area contributed by atoms with E-state index in [4.69, 9.17) is 4.74 Å². The first-order valence-electron chi connectivity index (χ1n) is 6.02. The standard InChI is InChI=1S/C14H17NO2/c1-2-3-8-15-11-9-13(16)12-6-4-5-7-14(12)17-10-11/h4-7,9,15H,2-3,8,10H2,1H3. The van der Waals surface area contributed by atoms with Gasteiger partial charge in [-0.1, -0.05) is 25.5 Å². The van der Waals surface area contributed by atoms with Gasteiger partial charge in [0.1, 0.15) is 12.4 Å². The fourth-order valence-corrected chi connectivity index (χ4v) is 1.76. The van der Waals surface area contributed by atoms with Gasteiger partial charge in [-0.15, -0.1) is 0 Å². The van der Waals surface area contributed by atoms with E-state index in [1.54, 1.807) is 12.1 Å². The van der Waals surface area contributed by atoms with Gasteiger partial charge in [0.15, 0.2) is 5.78 Å². The molecule has 1 aliphatic heterocycles. The molecule has 0 aromatic heterocycles. The van der Waals surface area contributed by atoms with Gasteiger partial charge in [-0.3, -0.25) is 4.79 Å². The summed E-state index contributed by atoms with van der Waals surface area (Å²) < 4.78 is 5.61. The highest BCUT2D eigenvalue weighted by molar-refractivity contribution is 6.07. The molecule has 0 bridgehead atoms. The Morgan fingerprint density at radius 1 is 1.35 bits per heavy atom. The summed E-state index contributed by atoms with van der Waals surface area (Å²) in [4.78, 5) is 12.0. The average Bonchev–Trinajstić information content (AvgIpc) is 2.50. The molecule has 0 unspecified atom stereocenters. The van der Waals surface area contributed by atoms with Crippen LogP contribution in [0.25, 0.3) is 0 Å². The highest BCUT2D eigenvalue weighted by atomic mass is 16.5. The Balaban J connectivity index is 2.09. The lowest BCUT2D eigenvalue weighted by molar-refractivity contribution is 0.104. The third-order valence-corrected chi connectivity index (χ3v) is 2.72. The first kappa shape index (κ1) is 11.7. The van der Waals surface area contributed by atoms with Crippen molar-refractivity contribution in [3.05, 3.63) is 41.6 Å². The molecule has 0 amide bonds. The fourth-order valence-electron chi connectivity index (χ4n) is 1.76. The van der Waals surface area contributed by atoms with Crippen molar-refractivity contribution in [2.24, 2.45) is 0 Å². The van der Waals surface area contributed by atoms with Crippen LogP contribution in [-0.2, 0) is 0 Å². The van der Waals surface area contributed by atoms with Crippen LogP contribution in [0.5, 0.6) is 5.75 Å². The number of fused-ring (bicyclic) bond motifs is 1. The van der Waals surface area contributed by atoms with Crippen molar-refractivity contribution in [1.29, 1.82) is 0 Å². The quantitative estimate of drug-likeness (QED) is 0.809. The summed E-state index contributed by atoms with van der Waals surface area (Å²) in [5.74, 6) is 0.679. The second-order valence-corrected chi connectivity index (χ2v) is 4.10. The van der Waals surface area contributed by atoms with Crippen LogP contribution < -0.4 is 10.1 Å². The van der Waals surface area contributed by atoms with Crippen LogP contribution in [0.4, 0.5) is 0 Å². The monoisotopic (exact) mass is 231 g/mol. The molecule has 2 rings (SSSR count). The zero-order valence-corrected chi connectivity index (χ0v) is 10.0. The molecule has 0 saturated carbocycles. The van der Waals surface area contributed by atoms with Crippen molar-refractivity contribution in [2.45, 2.75) is 19.8 Å². The zero-order valence-electron chi connectivity index (χ0n) is 10.0. The Kier molecular flexibility index (Phi) is 3.81. The molecule has 1 aromatic rings. The van der Waals surface area contributed by atoms with E-state index in [0.717, 1.165) is 25.1 Å². The van der Waals surface area contributed by atoms with Crippen molar-refractivity contribution < 1.29 is 9.53 Å². The summed E-state index contributed by atoms with van der Waals surface area (Å²) in [6, 6.07) is 7.35. The van der Waals surface area contributed by atoms with Crippen LogP contribution in [0.2, 0.25) is 0 Å². The maximum absolute atomic E-state index is 12.0. The topological polar surface area (TPSA) is 38.3 Å². The minimum atomic E-state index is 0.0112. The Morgan fingerprint density at radius 3 is 3.00 bits per heavy atom. The second-order valence-electron chi connectivity index (χ2n) is 4.10. The molecule has 0 aliphatic carbocycles. The van der Waals surface area contributed by atoms with Gasteiger partial charge in [0.25, 0.3) is 0 Å². The molecule has 0 atom stereocenters. The highest BCUT2D eigenvalue weighted by Crippen LogP contribution is 2.22. The first-order valence-corrected chi connectivity index (χ1v) is 6.02. The number of ketones is 1. The Morgan fingerprint density at radius 2 is 2.18 bits per heavy atom. The van der Waals surface area contributed by atoms with E-state index in [0.29, 0.717) is 17.9 Å². The van der Waals surface area contributed by atoms with Crippen molar-refractivity contribution >= 4 is 5.78 Å². The Hall–Kier alpha value is -1.77. The van der Waals surface area contributed by atoms with E-state index >= 15 is 0 Å². The third-order valence-electron chi connectivity index (χ3n) is 2.72. The molecule has 0 radical (unpaired) electrons. The molecule has 1 N–H and O–H groups in total. The SMILES string of the molecule is CCCCNC1=CC(=O)c2ccccc2OC1. The van der Waals surface area contributed by atoms with Crippen LogP contribution in [-0.4, -0.2) is 18.9 Å². The molecule has 3 nitrogen and oxygen atoms in total. The minimum Gasteiger partial charge on any atom is -0.487 e. The maximum atomic E-state index is 12.0. The van der Waals surface area contributed by atoms with Crippen LogP contribution in [0, 0.1) is 0 Å². The lowest BCUT2D eigenvalue weighted by Crippen LogP contribution is -2.19. The average molecular weight is 231 g/mol. The molecular weight excluding hydrogens is 214 g/mol. The maximum Gasteiger partial charge on any atom is 0.191 e. The van der Waals surface area contributed by atoms with E-state index in [1.165, 1.54) is 0 Å². The van der Waals surface area contributed by atoms with Gasteiger partial charge in [-0.25, -0.2) is 0 Å². The largest absolute Gasteiger partial charge is 0.487 e. The van der Waals surface area contributed by atoms with Gasteiger partial charge in [0.05, 0.1) is 11.3 Å². The summed E-state index contributed by atoms with van der Waals surface area (Å²) >= 11 is 0. The molecule has 3 heteroatoms. The lowest BCUT2D eigenvalue weighted by Gasteiger charge is -2.09. The predicted molar refractivity (Wildman–Crippen MR) is 67.3 cm³/mol. The van der Waals surface area contributed by atoms with E-state index < -0.39 is 0 Å². The third kappa shape index (κ3) is 2.87. The lowest BCUT2D eigenvalue weighted by atomic mass is 10.1. The van der Waals surface area contributed by atoms with Crippen LogP contribution >= 0.6 is 0 Å². The molecule has 0 saturated heterocycles. The number of carbonyl (C=O) groups excluding carboxylic acids is 1. The smallest absolute Gasteiger partial charge is 0.191 e.